The van der Waals surface area contributed by atoms with E-state index in [9.17, 15) is 4.79 Å². The minimum Gasteiger partial charge on any atom is -0.461 e. The van der Waals surface area contributed by atoms with Crippen LogP contribution in [-0.2, 0) is 17.8 Å². The van der Waals surface area contributed by atoms with Crippen LogP contribution < -0.4 is 5.32 Å². The van der Waals surface area contributed by atoms with Gasteiger partial charge in [-0.05, 0) is 25.5 Å². The lowest BCUT2D eigenvalue weighted by Gasteiger charge is -2.15. The first-order chi connectivity index (χ1) is 12.2. The van der Waals surface area contributed by atoms with Gasteiger partial charge < -0.3 is 14.3 Å². The Labute approximate surface area is 145 Å². The zero-order valence-corrected chi connectivity index (χ0v) is 14.3. The number of aromatic nitrogens is 4. The van der Waals surface area contributed by atoms with E-state index in [1.54, 1.807) is 24.6 Å². The maximum Gasteiger partial charge on any atom is 0.238 e. The molecule has 3 aromatic rings. The van der Waals surface area contributed by atoms with Gasteiger partial charge in [0.15, 0.2) is 5.76 Å². The first-order valence-corrected chi connectivity index (χ1v) is 8.37. The highest BCUT2D eigenvalue weighted by molar-refractivity contribution is 5.76. The maximum absolute atomic E-state index is 12.2. The third-order valence-corrected chi connectivity index (χ3v) is 3.90. The van der Waals surface area contributed by atoms with Crippen LogP contribution in [0.15, 0.2) is 39.7 Å². The summed E-state index contributed by atoms with van der Waals surface area (Å²) in [6.07, 6.45) is 6.75. The summed E-state index contributed by atoms with van der Waals surface area (Å²) in [6.45, 7) is 4.86. The average molecular weight is 343 g/mol. The molecule has 132 valence electrons. The highest BCUT2D eigenvalue weighted by atomic mass is 16.5. The Bertz CT molecular complexity index is 806. The second-order valence-electron chi connectivity index (χ2n) is 5.65. The number of rotatable bonds is 8. The van der Waals surface area contributed by atoms with Crippen molar-refractivity contribution in [1.29, 1.82) is 0 Å². The fourth-order valence-corrected chi connectivity index (χ4v) is 2.50. The van der Waals surface area contributed by atoms with Crippen molar-refractivity contribution in [3.05, 3.63) is 42.2 Å². The number of amides is 1. The Morgan fingerprint density at radius 1 is 1.40 bits per heavy atom. The first-order valence-electron chi connectivity index (χ1n) is 8.37. The molecule has 0 saturated heterocycles. The second kappa shape index (κ2) is 7.78. The third kappa shape index (κ3) is 4.14. The molecule has 3 aromatic heterocycles. The molecule has 0 bridgehead atoms. The zero-order chi connectivity index (χ0) is 17.6. The normalized spacial score (nSPS) is 12.2. The fourth-order valence-electron chi connectivity index (χ4n) is 2.50. The predicted octanol–water partition coefficient (Wildman–Crippen LogP) is 2.75. The predicted molar refractivity (Wildman–Crippen MR) is 89.4 cm³/mol. The highest BCUT2D eigenvalue weighted by Gasteiger charge is 2.16. The number of aryl methyl sites for hydroxylation is 2. The molecule has 0 aliphatic carbocycles. The van der Waals surface area contributed by atoms with Gasteiger partial charge in [-0.1, -0.05) is 12.1 Å². The Hall–Kier alpha value is -2.90. The molecule has 8 heteroatoms. The van der Waals surface area contributed by atoms with E-state index in [1.165, 1.54) is 0 Å². The van der Waals surface area contributed by atoms with Crippen molar-refractivity contribution in [2.45, 2.75) is 45.7 Å². The van der Waals surface area contributed by atoms with Crippen LogP contribution in [0.3, 0.4) is 0 Å². The lowest BCUT2D eigenvalue weighted by molar-refractivity contribution is -0.121. The van der Waals surface area contributed by atoms with E-state index in [-0.39, 0.29) is 18.4 Å². The average Bonchev–Trinajstić information content (AvgIpc) is 3.38. The van der Waals surface area contributed by atoms with Gasteiger partial charge in [0.05, 0.1) is 18.5 Å². The minimum atomic E-state index is -0.0613. The number of nitrogens with zero attached hydrogens (tertiary/aromatic N) is 4. The molecule has 1 amide bonds. The van der Waals surface area contributed by atoms with Gasteiger partial charge >= 0.3 is 0 Å². The quantitative estimate of drug-likeness (QED) is 0.675. The smallest absolute Gasteiger partial charge is 0.238 e. The van der Waals surface area contributed by atoms with Gasteiger partial charge in [0.25, 0.3) is 0 Å². The third-order valence-electron chi connectivity index (χ3n) is 3.90. The van der Waals surface area contributed by atoms with Crippen LogP contribution >= 0.6 is 0 Å². The monoisotopic (exact) mass is 343 g/mol. The van der Waals surface area contributed by atoms with Crippen molar-refractivity contribution in [2.75, 3.05) is 0 Å². The van der Waals surface area contributed by atoms with Crippen LogP contribution in [0.2, 0.25) is 0 Å². The van der Waals surface area contributed by atoms with E-state index in [2.05, 4.69) is 20.6 Å². The molecule has 1 atom stereocenters. The lowest BCUT2D eigenvalue weighted by atomic mass is 10.1. The van der Waals surface area contributed by atoms with Gasteiger partial charge in [-0.15, -0.1) is 0 Å². The van der Waals surface area contributed by atoms with Crippen LogP contribution in [0.5, 0.6) is 0 Å². The number of hydrogen-bond acceptors (Lipinski definition) is 6. The number of nitrogens with one attached hydrogen (secondary N) is 1. The highest BCUT2D eigenvalue weighted by Crippen LogP contribution is 2.18. The molecule has 3 rings (SSSR count). The molecular weight excluding hydrogens is 322 g/mol. The minimum absolute atomic E-state index is 0.0471. The first kappa shape index (κ1) is 16.9. The standard InChI is InChI=1S/C17H21N5O3/c1-3-13(12-10-18-22(4-2)11-12)19-15(23)7-8-16-20-17(21-25-16)14-6-5-9-24-14/h5-6,9-11,13H,3-4,7-8H2,1-2H3,(H,19,23). The van der Waals surface area contributed by atoms with E-state index in [1.807, 2.05) is 24.7 Å². The number of furan rings is 1. The second-order valence-corrected chi connectivity index (χ2v) is 5.65. The fraction of sp³-hybridized carbons (Fsp3) is 0.412. The van der Waals surface area contributed by atoms with Crippen molar-refractivity contribution in [1.82, 2.24) is 25.2 Å². The molecule has 0 saturated carbocycles. The molecule has 8 nitrogen and oxygen atoms in total. The van der Waals surface area contributed by atoms with Crippen molar-refractivity contribution < 1.29 is 13.7 Å². The molecule has 0 fully saturated rings. The molecule has 0 aliphatic heterocycles. The van der Waals surface area contributed by atoms with Gasteiger partial charge in [0.1, 0.15) is 0 Å². The van der Waals surface area contributed by atoms with Gasteiger partial charge in [-0.25, -0.2) is 0 Å². The van der Waals surface area contributed by atoms with Crippen LogP contribution in [0.1, 0.15) is 44.2 Å². The number of hydrogen-bond donors (Lipinski definition) is 1. The van der Waals surface area contributed by atoms with E-state index >= 15 is 0 Å². The van der Waals surface area contributed by atoms with Crippen molar-refractivity contribution in [3.63, 3.8) is 0 Å². The molecule has 3 heterocycles. The van der Waals surface area contributed by atoms with Crippen LogP contribution in [0.4, 0.5) is 0 Å². The van der Waals surface area contributed by atoms with Crippen LogP contribution in [-0.4, -0.2) is 25.8 Å². The number of carbonyl (C=O) groups is 1. The van der Waals surface area contributed by atoms with E-state index in [4.69, 9.17) is 8.94 Å². The topological polar surface area (TPSA) is 99.0 Å². The Balaban J connectivity index is 1.53. The molecule has 1 unspecified atom stereocenters. The molecular formula is C17H21N5O3. The van der Waals surface area contributed by atoms with Gasteiger partial charge in [-0.3, -0.25) is 9.48 Å². The molecule has 0 spiro atoms. The molecule has 0 aromatic carbocycles. The summed E-state index contributed by atoms with van der Waals surface area (Å²) in [7, 11) is 0. The van der Waals surface area contributed by atoms with Crippen molar-refractivity contribution in [2.24, 2.45) is 0 Å². The molecule has 0 radical (unpaired) electrons. The van der Waals surface area contributed by atoms with E-state index < -0.39 is 0 Å². The lowest BCUT2D eigenvalue weighted by Crippen LogP contribution is -2.28. The Morgan fingerprint density at radius 2 is 2.28 bits per heavy atom. The molecule has 1 N–H and O–H groups in total. The van der Waals surface area contributed by atoms with Crippen LogP contribution in [0.25, 0.3) is 11.6 Å². The summed E-state index contributed by atoms with van der Waals surface area (Å²) in [6, 6.07) is 3.46. The summed E-state index contributed by atoms with van der Waals surface area (Å²) in [5.41, 5.74) is 1.01. The van der Waals surface area contributed by atoms with E-state index in [0.29, 0.717) is 23.9 Å². The summed E-state index contributed by atoms with van der Waals surface area (Å²) >= 11 is 0. The SMILES string of the molecule is CCC(NC(=O)CCc1nc(-c2ccco2)no1)c1cnn(CC)c1. The Kier molecular flexibility index (Phi) is 5.27. The van der Waals surface area contributed by atoms with Crippen molar-refractivity contribution >= 4 is 5.91 Å². The van der Waals surface area contributed by atoms with Gasteiger partial charge in [0.2, 0.25) is 17.6 Å². The molecule has 0 aliphatic rings. The van der Waals surface area contributed by atoms with Crippen molar-refractivity contribution in [3.8, 4) is 11.6 Å². The summed E-state index contributed by atoms with van der Waals surface area (Å²) in [5, 5.41) is 11.1. The summed E-state index contributed by atoms with van der Waals surface area (Å²) < 4.78 is 12.2. The van der Waals surface area contributed by atoms with Gasteiger partial charge in [0, 0.05) is 31.1 Å². The number of carbonyl (C=O) groups excluding carboxylic acids is 1. The largest absolute Gasteiger partial charge is 0.461 e. The van der Waals surface area contributed by atoms with Gasteiger partial charge in [-0.2, -0.15) is 10.1 Å². The Morgan fingerprint density at radius 3 is 2.96 bits per heavy atom. The van der Waals surface area contributed by atoms with E-state index in [0.717, 1.165) is 18.5 Å². The summed E-state index contributed by atoms with van der Waals surface area (Å²) in [4.78, 5) is 16.5. The summed E-state index contributed by atoms with van der Waals surface area (Å²) in [5.74, 6) is 1.28. The maximum atomic E-state index is 12.2. The van der Waals surface area contributed by atoms with Crippen LogP contribution in [0, 0.1) is 0 Å². The zero-order valence-electron chi connectivity index (χ0n) is 14.3. The molecule has 25 heavy (non-hydrogen) atoms.